The minimum absolute atomic E-state index is 0.423. The molecule has 0 saturated carbocycles. The maximum absolute atomic E-state index is 4.54. The summed E-state index contributed by atoms with van der Waals surface area (Å²) in [6, 6.07) is 1.31. The van der Waals surface area contributed by atoms with Gasteiger partial charge < -0.3 is 0 Å². The zero-order chi connectivity index (χ0) is 13.4. The number of hydrogen-bond acceptors (Lipinski definition) is 1. The number of hydrogen-bond donors (Lipinski definition) is 1. The molecule has 0 spiro atoms. The number of thiol groups is 1. The van der Waals surface area contributed by atoms with Crippen molar-refractivity contribution in [3.8, 4) is 0 Å². The molecule has 0 saturated heterocycles. The van der Waals surface area contributed by atoms with E-state index in [9.17, 15) is 0 Å². The van der Waals surface area contributed by atoms with Crippen LogP contribution in [0, 0.1) is 0 Å². The molecule has 0 radical (unpaired) electrons. The molecule has 0 fully saturated rings. The lowest BCUT2D eigenvalue weighted by Gasteiger charge is -2.59. The van der Waals surface area contributed by atoms with Gasteiger partial charge in [0, 0.05) is 0 Å². The Morgan fingerprint density at radius 1 is 0.688 bits per heavy atom. The van der Waals surface area contributed by atoms with E-state index >= 15 is 0 Å². The van der Waals surface area contributed by atoms with Crippen LogP contribution in [0.3, 0.4) is 0 Å². The van der Waals surface area contributed by atoms with Crippen LogP contribution in [0.1, 0.15) is 62.3 Å². The second-order valence-electron chi connectivity index (χ2n) is 8.13. The molecule has 0 bridgehead atoms. The van der Waals surface area contributed by atoms with Crippen molar-refractivity contribution in [1.82, 2.24) is 0 Å². The van der Waals surface area contributed by atoms with Gasteiger partial charge in [0.05, 0.1) is 8.07 Å². The molecular formula is C14H32SSi. The van der Waals surface area contributed by atoms with E-state index in [2.05, 4.69) is 74.9 Å². The average molecular weight is 261 g/mol. The van der Waals surface area contributed by atoms with Crippen molar-refractivity contribution in [3.63, 3.8) is 0 Å². The van der Waals surface area contributed by atoms with Gasteiger partial charge in [0.25, 0.3) is 0 Å². The molecule has 98 valence electrons. The topological polar surface area (TPSA) is 0 Å². The van der Waals surface area contributed by atoms with E-state index in [1.807, 2.05) is 0 Å². The van der Waals surface area contributed by atoms with E-state index in [0.29, 0.717) is 15.1 Å². The monoisotopic (exact) mass is 260 g/mol. The fraction of sp³-hybridized carbons (Fsp3) is 1.00. The predicted octanol–water partition coefficient (Wildman–Crippen LogP) is 5.77. The molecule has 0 N–H and O–H groups in total. The SMILES string of the molecule is CC(C)(C)[Si](CCS)(C(C)(C)C)C(C)(C)C. The molecule has 0 aromatic carbocycles. The Morgan fingerprint density at radius 2 is 0.938 bits per heavy atom. The summed E-state index contributed by atoms with van der Waals surface area (Å²) in [5.41, 5.74) is 0. The molecule has 0 rings (SSSR count). The van der Waals surface area contributed by atoms with Crippen LogP contribution in [-0.2, 0) is 0 Å². The van der Waals surface area contributed by atoms with E-state index in [1.54, 1.807) is 0 Å². The molecule has 0 aliphatic carbocycles. The normalized spacial score (nSPS) is 15.4. The summed E-state index contributed by atoms with van der Waals surface area (Å²) in [6.07, 6.45) is 0. The molecule has 0 aromatic heterocycles. The van der Waals surface area contributed by atoms with Gasteiger partial charge in [-0.25, -0.2) is 0 Å². The zero-order valence-electron chi connectivity index (χ0n) is 12.9. The van der Waals surface area contributed by atoms with Crippen LogP contribution in [0.2, 0.25) is 21.2 Å². The second kappa shape index (κ2) is 4.68. The van der Waals surface area contributed by atoms with E-state index < -0.39 is 8.07 Å². The average Bonchev–Trinajstić information content (AvgIpc) is 1.91. The van der Waals surface area contributed by atoms with Gasteiger partial charge in [-0.1, -0.05) is 62.3 Å². The Labute approximate surface area is 110 Å². The smallest absolute Gasteiger partial charge is 0.0705 e. The Morgan fingerprint density at radius 3 is 1.00 bits per heavy atom. The van der Waals surface area contributed by atoms with Crippen LogP contribution < -0.4 is 0 Å². The first-order valence-electron chi connectivity index (χ1n) is 6.42. The summed E-state index contributed by atoms with van der Waals surface area (Å²) < 4.78 is 0. The van der Waals surface area contributed by atoms with Gasteiger partial charge in [0.2, 0.25) is 0 Å². The maximum Gasteiger partial charge on any atom is 0.0705 e. The molecular weight excluding hydrogens is 228 g/mol. The quantitative estimate of drug-likeness (QED) is 0.473. The van der Waals surface area contributed by atoms with E-state index in [1.165, 1.54) is 6.04 Å². The van der Waals surface area contributed by atoms with Crippen LogP contribution in [0.5, 0.6) is 0 Å². The van der Waals surface area contributed by atoms with E-state index in [-0.39, 0.29) is 0 Å². The zero-order valence-corrected chi connectivity index (χ0v) is 14.8. The third-order valence-electron chi connectivity index (χ3n) is 4.33. The highest BCUT2D eigenvalue weighted by molar-refractivity contribution is 7.80. The second-order valence-corrected chi connectivity index (χ2v) is 15.4. The number of rotatable bonds is 2. The van der Waals surface area contributed by atoms with Gasteiger partial charge in [0.15, 0.2) is 0 Å². The maximum atomic E-state index is 4.54. The molecule has 0 nitrogen and oxygen atoms in total. The molecule has 0 amide bonds. The van der Waals surface area contributed by atoms with Gasteiger partial charge in [0.1, 0.15) is 0 Å². The fourth-order valence-corrected chi connectivity index (χ4v) is 15.0. The van der Waals surface area contributed by atoms with Crippen LogP contribution in [0.15, 0.2) is 0 Å². The van der Waals surface area contributed by atoms with Crippen molar-refractivity contribution in [2.75, 3.05) is 5.75 Å². The third-order valence-corrected chi connectivity index (χ3v) is 13.7. The minimum Gasteiger partial charge on any atom is -0.180 e. The van der Waals surface area contributed by atoms with E-state index in [4.69, 9.17) is 0 Å². The van der Waals surface area contributed by atoms with Crippen molar-refractivity contribution < 1.29 is 0 Å². The fourth-order valence-electron chi connectivity index (χ4n) is 4.67. The predicted molar refractivity (Wildman–Crippen MR) is 83.6 cm³/mol. The molecule has 2 heteroatoms. The molecule has 0 aliphatic heterocycles. The van der Waals surface area contributed by atoms with Crippen molar-refractivity contribution >= 4 is 20.7 Å². The third kappa shape index (κ3) is 2.69. The first kappa shape index (κ1) is 16.6. The van der Waals surface area contributed by atoms with Crippen molar-refractivity contribution in [1.29, 1.82) is 0 Å². The Hall–Kier alpha value is 0.567. The van der Waals surface area contributed by atoms with Crippen LogP contribution >= 0.6 is 12.6 Å². The highest BCUT2D eigenvalue weighted by Crippen LogP contribution is 2.63. The van der Waals surface area contributed by atoms with E-state index in [0.717, 1.165) is 5.75 Å². The van der Waals surface area contributed by atoms with Crippen molar-refractivity contribution in [2.24, 2.45) is 0 Å². The molecule has 0 aromatic rings. The first-order chi connectivity index (χ1) is 6.81. The van der Waals surface area contributed by atoms with Crippen LogP contribution in [0.4, 0.5) is 0 Å². The highest BCUT2D eigenvalue weighted by atomic mass is 32.1. The molecule has 16 heavy (non-hydrogen) atoms. The van der Waals surface area contributed by atoms with Gasteiger partial charge in [-0.3, -0.25) is 0 Å². The Balaban J connectivity index is 5.82. The largest absolute Gasteiger partial charge is 0.180 e. The lowest BCUT2D eigenvalue weighted by atomic mass is 10.2. The summed E-state index contributed by atoms with van der Waals surface area (Å²) in [5, 5.41) is 1.27. The highest BCUT2D eigenvalue weighted by Gasteiger charge is 2.58. The van der Waals surface area contributed by atoms with Gasteiger partial charge in [-0.05, 0) is 26.9 Å². The van der Waals surface area contributed by atoms with Crippen LogP contribution in [0.25, 0.3) is 0 Å². The van der Waals surface area contributed by atoms with Gasteiger partial charge in [-0.2, -0.15) is 12.6 Å². The molecule has 0 aliphatic rings. The summed E-state index contributed by atoms with van der Waals surface area (Å²) in [6.45, 7) is 22.0. The summed E-state index contributed by atoms with van der Waals surface area (Å²) in [4.78, 5) is 0. The van der Waals surface area contributed by atoms with Crippen LogP contribution in [-0.4, -0.2) is 13.8 Å². The summed E-state index contributed by atoms with van der Waals surface area (Å²) in [7, 11) is -1.48. The van der Waals surface area contributed by atoms with Crippen molar-refractivity contribution in [2.45, 2.75) is 83.5 Å². The van der Waals surface area contributed by atoms with Gasteiger partial charge >= 0.3 is 0 Å². The first-order valence-corrected chi connectivity index (χ1v) is 9.26. The Kier molecular flexibility index (Phi) is 4.85. The molecule has 0 unspecified atom stereocenters. The van der Waals surface area contributed by atoms with Crippen molar-refractivity contribution in [3.05, 3.63) is 0 Å². The molecule has 0 atom stereocenters. The minimum atomic E-state index is -1.48. The summed E-state index contributed by atoms with van der Waals surface area (Å²) in [5.74, 6) is 1.03. The summed E-state index contributed by atoms with van der Waals surface area (Å²) >= 11 is 4.54. The van der Waals surface area contributed by atoms with Gasteiger partial charge in [-0.15, -0.1) is 0 Å². The lowest BCUT2D eigenvalue weighted by Crippen LogP contribution is -2.58. The Bertz CT molecular complexity index is 189. The molecule has 0 heterocycles. The standard InChI is InChI=1S/C14H32SSi/c1-12(2,3)16(11-10-15,13(4,5)6)14(7,8)9/h15H,10-11H2,1-9H3. The lowest BCUT2D eigenvalue weighted by molar-refractivity contribution is 0.529.